The highest BCUT2D eigenvalue weighted by molar-refractivity contribution is 5.85. The van der Waals surface area contributed by atoms with Gasteiger partial charge in [0.1, 0.15) is 5.75 Å². The van der Waals surface area contributed by atoms with E-state index in [-0.39, 0.29) is 17.9 Å². The molecule has 0 spiro atoms. The van der Waals surface area contributed by atoms with E-state index in [1.54, 1.807) is 0 Å². The molecule has 1 saturated carbocycles. The molecule has 0 unspecified atom stereocenters. The van der Waals surface area contributed by atoms with Crippen LogP contribution in [-0.2, 0) is 4.79 Å². The van der Waals surface area contributed by atoms with E-state index in [9.17, 15) is 9.90 Å². The Kier molecular flexibility index (Phi) is 4.37. The highest BCUT2D eigenvalue weighted by Crippen LogP contribution is 2.41. The first-order valence-electron chi connectivity index (χ1n) is 8.96. The summed E-state index contributed by atoms with van der Waals surface area (Å²) in [5.41, 5.74) is 1.34. The Labute approximate surface area is 144 Å². The van der Waals surface area contributed by atoms with Gasteiger partial charge in [0.05, 0.1) is 6.10 Å². The minimum Gasteiger partial charge on any atom is -0.478 e. The Hall–Kier alpha value is -1.55. The molecular formula is C20H29NO3. The van der Waals surface area contributed by atoms with Crippen LogP contribution in [0.1, 0.15) is 51.2 Å². The Balaban J connectivity index is 1.76. The number of nitrogens with zero attached hydrogens (tertiary/aromatic N) is 1. The number of amides is 1. The van der Waals surface area contributed by atoms with Crippen molar-refractivity contribution in [2.45, 2.75) is 58.7 Å². The average Bonchev–Trinajstić information content (AvgIpc) is 2.82. The number of ether oxygens (including phenoxy) is 1. The molecule has 132 valence electrons. The molecule has 1 aromatic carbocycles. The molecule has 1 aliphatic carbocycles. The van der Waals surface area contributed by atoms with Gasteiger partial charge in [0.15, 0.2) is 5.60 Å². The number of fused-ring (bicyclic) bond motifs is 1. The van der Waals surface area contributed by atoms with Crippen molar-refractivity contribution in [2.24, 2.45) is 11.8 Å². The third-order valence-corrected chi connectivity index (χ3v) is 5.49. The van der Waals surface area contributed by atoms with Gasteiger partial charge in [0, 0.05) is 19.0 Å². The van der Waals surface area contributed by atoms with E-state index < -0.39 is 5.60 Å². The van der Waals surface area contributed by atoms with E-state index in [4.69, 9.17) is 4.74 Å². The molecule has 1 saturated heterocycles. The second-order valence-electron chi connectivity index (χ2n) is 8.25. The van der Waals surface area contributed by atoms with Crippen molar-refractivity contribution in [3.8, 4) is 5.75 Å². The highest BCUT2D eigenvalue weighted by atomic mass is 16.5. The Bertz CT molecular complexity index is 638. The summed E-state index contributed by atoms with van der Waals surface area (Å²) in [4.78, 5) is 14.9. The number of likely N-dealkylation sites (tertiary alicyclic amines) is 1. The molecule has 1 N–H and O–H groups in total. The standard InChI is InChI=1S/C20H29NO3/c1-12(2)15-7-6-13(3)8-18(15)24-20(4,5)19(23)21-10-14-9-17(22)16(14)11-21/h6-8,12,14,16-17,22H,9-11H2,1-5H3/t14-,16+,17+/m1/s1. The monoisotopic (exact) mass is 331 g/mol. The summed E-state index contributed by atoms with van der Waals surface area (Å²) >= 11 is 0. The second kappa shape index (κ2) is 6.07. The Morgan fingerprint density at radius 3 is 2.62 bits per heavy atom. The molecule has 1 amide bonds. The van der Waals surface area contributed by atoms with Gasteiger partial charge < -0.3 is 14.7 Å². The number of carbonyl (C=O) groups excluding carboxylic acids is 1. The quantitative estimate of drug-likeness (QED) is 0.922. The predicted molar refractivity (Wildman–Crippen MR) is 94.2 cm³/mol. The van der Waals surface area contributed by atoms with Crippen LogP contribution in [0.2, 0.25) is 0 Å². The lowest BCUT2D eigenvalue weighted by atomic mass is 9.74. The van der Waals surface area contributed by atoms with Crippen LogP contribution in [0.4, 0.5) is 0 Å². The first kappa shape index (κ1) is 17.3. The van der Waals surface area contributed by atoms with Crippen LogP contribution in [-0.4, -0.2) is 40.7 Å². The Morgan fingerprint density at radius 1 is 1.33 bits per heavy atom. The van der Waals surface area contributed by atoms with Gasteiger partial charge in [-0.2, -0.15) is 0 Å². The van der Waals surface area contributed by atoms with Crippen LogP contribution in [0.3, 0.4) is 0 Å². The van der Waals surface area contributed by atoms with E-state index >= 15 is 0 Å². The number of aliphatic hydroxyl groups is 1. The molecule has 1 aliphatic heterocycles. The molecule has 24 heavy (non-hydrogen) atoms. The van der Waals surface area contributed by atoms with E-state index in [1.165, 1.54) is 0 Å². The molecule has 0 aromatic heterocycles. The summed E-state index contributed by atoms with van der Waals surface area (Å²) in [6, 6.07) is 6.18. The van der Waals surface area contributed by atoms with Crippen molar-refractivity contribution in [3.05, 3.63) is 29.3 Å². The van der Waals surface area contributed by atoms with E-state index in [0.29, 0.717) is 18.4 Å². The Morgan fingerprint density at radius 2 is 2.04 bits per heavy atom. The van der Waals surface area contributed by atoms with Gasteiger partial charge >= 0.3 is 0 Å². The van der Waals surface area contributed by atoms with Gasteiger partial charge in [-0.15, -0.1) is 0 Å². The van der Waals surface area contributed by atoms with E-state index in [1.807, 2.05) is 31.7 Å². The van der Waals surface area contributed by atoms with Crippen molar-refractivity contribution in [1.82, 2.24) is 4.90 Å². The van der Waals surface area contributed by atoms with Gasteiger partial charge in [0.25, 0.3) is 5.91 Å². The van der Waals surface area contributed by atoms with E-state index in [0.717, 1.165) is 29.8 Å². The lowest BCUT2D eigenvalue weighted by molar-refractivity contribution is -0.144. The maximum Gasteiger partial charge on any atom is 0.266 e. The fourth-order valence-corrected chi connectivity index (χ4v) is 3.94. The first-order valence-corrected chi connectivity index (χ1v) is 8.96. The van der Waals surface area contributed by atoms with Crippen LogP contribution in [0.25, 0.3) is 0 Å². The first-order chi connectivity index (χ1) is 11.2. The number of aliphatic hydroxyl groups excluding tert-OH is 1. The predicted octanol–water partition coefficient (Wildman–Crippen LogP) is 3.12. The molecule has 1 heterocycles. The van der Waals surface area contributed by atoms with Crippen molar-refractivity contribution in [3.63, 3.8) is 0 Å². The zero-order valence-electron chi connectivity index (χ0n) is 15.4. The fraction of sp³-hybridized carbons (Fsp3) is 0.650. The lowest BCUT2D eigenvalue weighted by Crippen LogP contribution is -2.48. The maximum absolute atomic E-state index is 13.0. The van der Waals surface area contributed by atoms with Gasteiger partial charge in [-0.05, 0) is 56.2 Å². The van der Waals surface area contributed by atoms with Crippen LogP contribution in [0, 0.1) is 18.8 Å². The summed E-state index contributed by atoms with van der Waals surface area (Å²) in [5.74, 6) is 1.87. The largest absolute Gasteiger partial charge is 0.478 e. The molecular weight excluding hydrogens is 302 g/mol. The molecule has 1 aromatic rings. The minimum absolute atomic E-state index is 0.0142. The van der Waals surface area contributed by atoms with Gasteiger partial charge in [-0.1, -0.05) is 26.0 Å². The van der Waals surface area contributed by atoms with Crippen LogP contribution in [0.15, 0.2) is 18.2 Å². The molecule has 0 bridgehead atoms. The molecule has 3 atom stereocenters. The zero-order valence-corrected chi connectivity index (χ0v) is 15.4. The van der Waals surface area contributed by atoms with Crippen LogP contribution in [0.5, 0.6) is 5.75 Å². The third kappa shape index (κ3) is 3.04. The summed E-state index contributed by atoms with van der Waals surface area (Å²) in [5, 5.41) is 9.81. The smallest absolute Gasteiger partial charge is 0.266 e. The van der Waals surface area contributed by atoms with Crippen molar-refractivity contribution in [2.75, 3.05) is 13.1 Å². The van der Waals surface area contributed by atoms with Crippen molar-refractivity contribution >= 4 is 5.91 Å². The zero-order chi connectivity index (χ0) is 17.6. The second-order valence-corrected chi connectivity index (χ2v) is 8.25. The van der Waals surface area contributed by atoms with Crippen molar-refractivity contribution < 1.29 is 14.6 Å². The molecule has 4 heteroatoms. The van der Waals surface area contributed by atoms with Crippen LogP contribution < -0.4 is 4.74 Å². The SMILES string of the molecule is Cc1ccc(C(C)C)c(OC(C)(C)C(=O)N2C[C@H]3C[C@H](O)[C@H]3C2)c1. The topological polar surface area (TPSA) is 49.8 Å². The number of benzene rings is 1. The fourth-order valence-electron chi connectivity index (χ4n) is 3.94. The molecule has 3 rings (SSSR count). The van der Waals surface area contributed by atoms with E-state index in [2.05, 4.69) is 26.0 Å². The number of carbonyl (C=O) groups is 1. The number of aryl methyl sites for hydroxylation is 1. The summed E-state index contributed by atoms with van der Waals surface area (Å²) in [7, 11) is 0. The lowest BCUT2D eigenvalue weighted by Gasteiger charge is -2.34. The number of hydrogen-bond acceptors (Lipinski definition) is 3. The van der Waals surface area contributed by atoms with Gasteiger partial charge in [-0.25, -0.2) is 0 Å². The maximum atomic E-state index is 13.0. The van der Waals surface area contributed by atoms with Gasteiger partial charge in [0.2, 0.25) is 0 Å². The average molecular weight is 331 g/mol. The summed E-state index contributed by atoms with van der Waals surface area (Å²) in [6.45, 7) is 11.4. The summed E-state index contributed by atoms with van der Waals surface area (Å²) in [6.07, 6.45) is 0.589. The number of rotatable bonds is 4. The molecule has 0 radical (unpaired) electrons. The number of hydrogen-bond donors (Lipinski definition) is 1. The summed E-state index contributed by atoms with van der Waals surface area (Å²) < 4.78 is 6.21. The van der Waals surface area contributed by atoms with Crippen LogP contribution >= 0.6 is 0 Å². The molecule has 4 nitrogen and oxygen atoms in total. The highest BCUT2D eigenvalue weighted by Gasteiger charge is 2.49. The molecule has 2 aliphatic rings. The van der Waals surface area contributed by atoms with Gasteiger partial charge in [-0.3, -0.25) is 4.79 Å². The molecule has 2 fully saturated rings. The van der Waals surface area contributed by atoms with Crippen molar-refractivity contribution in [1.29, 1.82) is 0 Å². The third-order valence-electron chi connectivity index (χ3n) is 5.49. The minimum atomic E-state index is -0.911. The normalized spacial score (nSPS) is 26.3.